The number of aromatic nitrogens is 2. The molecule has 2 N–H and O–H groups in total. The van der Waals surface area contributed by atoms with Crippen LogP contribution in [-0.2, 0) is 23.8 Å². The summed E-state index contributed by atoms with van der Waals surface area (Å²) in [5.41, 5.74) is 4.53. The minimum atomic E-state index is -0.585. The molecule has 28 heavy (non-hydrogen) atoms. The van der Waals surface area contributed by atoms with Gasteiger partial charge in [-0.25, -0.2) is 10.5 Å². The van der Waals surface area contributed by atoms with Crippen LogP contribution in [0.1, 0.15) is 64.7 Å². The topological polar surface area (TPSA) is 70.4 Å². The van der Waals surface area contributed by atoms with Crippen LogP contribution in [0.3, 0.4) is 0 Å². The molecule has 1 rings (SSSR count). The number of hydrogen-bond acceptors (Lipinski definition) is 4. The first-order valence-electron chi connectivity index (χ1n) is 9.92. The Labute approximate surface area is 169 Å². The molecule has 1 amide bonds. The van der Waals surface area contributed by atoms with Crippen LogP contribution >= 0.6 is 0 Å². The van der Waals surface area contributed by atoms with Crippen LogP contribution < -0.4 is 5.48 Å². The maximum absolute atomic E-state index is 11.2. The Morgan fingerprint density at radius 3 is 2.50 bits per heavy atom. The maximum atomic E-state index is 11.2. The summed E-state index contributed by atoms with van der Waals surface area (Å²) in [6.07, 6.45) is 8.77. The molecule has 0 aliphatic rings. The van der Waals surface area contributed by atoms with Gasteiger partial charge in [0.05, 0.1) is 11.4 Å². The number of hydrogen-bond donors (Lipinski definition) is 2. The molecule has 156 valence electrons. The van der Waals surface area contributed by atoms with Crippen LogP contribution in [0, 0.1) is 0 Å². The quantitative estimate of drug-likeness (QED) is 0.275. The third-order valence-electron chi connectivity index (χ3n) is 4.68. The van der Waals surface area contributed by atoms with Gasteiger partial charge in [0.2, 0.25) is 0 Å². The van der Waals surface area contributed by atoms with Crippen molar-refractivity contribution >= 4 is 12.0 Å². The lowest BCUT2D eigenvalue weighted by Gasteiger charge is -2.24. The monoisotopic (exact) mass is 388 g/mol. The van der Waals surface area contributed by atoms with Crippen molar-refractivity contribution < 1.29 is 10.0 Å². The van der Waals surface area contributed by atoms with Gasteiger partial charge in [-0.3, -0.25) is 14.9 Å². The first kappa shape index (κ1) is 23.9. The second kappa shape index (κ2) is 11.0. The third kappa shape index (κ3) is 6.77. The van der Waals surface area contributed by atoms with Crippen molar-refractivity contribution in [3.63, 3.8) is 0 Å². The highest BCUT2D eigenvalue weighted by atomic mass is 16.5. The Morgan fingerprint density at radius 2 is 2.00 bits per heavy atom. The average molecular weight is 389 g/mol. The number of amides is 1. The predicted molar refractivity (Wildman–Crippen MR) is 115 cm³/mol. The summed E-state index contributed by atoms with van der Waals surface area (Å²) in [5.74, 6) is 0.230. The van der Waals surface area contributed by atoms with E-state index in [2.05, 4.69) is 50.7 Å². The van der Waals surface area contributed by atoms with Crippen LogP contribution in [0.4, 0.5) is 0 Å². The van der Waals surface area contributed by atoms with Crippen molar-refractivity contribution in [2.75, 3.05) is 13.1 Å². The van der Waals surface area contributed by atoms with Gasteiger partial charge in [-0.15, -0.1) is 0 Å². The van der Waals surface area contributed by atoms with Gasteiger partial charge < -0.3 is 4.57 Å². The fourth-order valence-corrected chi connectivity index (χ4v) is 2.94. The Bertz CT molecular complexity index is 724. The van der Waals surface area contributed by atoms with Crippen molar-refractivity contribution in [2.24, 2.45) is 7.05 Å². The van der Waals surface area contributed by atoms with E-state index in [1.54, 1.807) is 17.6 Å². The van der Waals surface area contributed by atoms with Crippen LogP contribution in [-0.4, -0.2) is 38.7 Å². The maximum Gasteiger partial charge on any atom is 0.267 e. The Hall–Kier alpha value is -2.18. The second-order valence-electron chi connectivity index (χ2n) is 7.95. The van der Waals surface area contributed by atoms with Crippen molar-refractivity contribution in [1.82, 2.24) is 19.9 Å². The number of allylic oxidation sites excluding steroid dienone is 3. The molecule has 6 nitrogen and oxygen atoms in total. The highest BCUT2D eigenvalue weighted by Gasteiger charge is 2.25. The Morgan fingerprint density at radius 1 is 1.32 bits per heavy atom. The van der Waals surface area contributed by atoms with E-state index in [0.29, 0.717) is 0 Å². The number of nitrogens with one attached hydrogen (secondary N) is 1. The fraction of sp³-hybridized carbons (Fsp3) is 0.545. The van der Waals surface area contributed by atoms with Crippen LogP contribution in [0.15, 0.2) is 30.4 Å². The van der Waals surface area contributed by atoms with E-state index in [1.807, 2.05) is 13.1 Å². The van der Waals surface area contributed by atoms with E-state index in [4.69, 9.17) is 10.2 Å². The Kier molecular flexibility index (Phi) is 9.35. The molecule has 0 aliphatic carbocycles. The molecule has 0 bridgehead atoms. The summed E-state index contributed by atoms with van der Waals surface area (Å²) >= 11 is 0. The average Bonchev–Trinajstić information content (AvgIpc) is 2.97. The summed E-state index contributed by atoms with van der Waals surface area (Å²) in [6.45, 7) is 17.7. The Balaban J connectivity index is 3.33. The number of imidazole rings is 1. The van der Waals surface area contributed by atoms with Crippen molar-refractivity contribution in [3.05, 3.63) is 47.6 Å². The van der Waals surface area contributed by atoms with E-state index >= 15 is 0 Å². The molecule has 0 spiro atoms. The number of carbonyl (C=O) groups is 1. The largest absolute Gasteiger partial charge is 0.330 e. The molecule has 0 unspecified atom stereocenters. The van der Waals surface area contributed by atoms with Gasteiger partial charge in [0, 0.05) is 25.1 Å². The number of unbranched alkanes of at least 4 members (excludes halogenated alkanes) is 1. The van der Waals surface area contributed by atoms with Crippen LogP contribution in [0.5, 0.6) is 0 Å². The molecule has 0 fully saturated rings. The van der Waals surface area contributed by atoms with Gasteiger partial charge in [0.25, 0.3) is 5.91 Å². The van der Waals surface area contributed by atoms with Crippen LogP contribution in [0.25, 0.3) is 6.08 Å². The van der Waals surface area contributed by atoms with E-state index in [-0.39, 0.29) is 5.41 Å². The lowest BCUT2D eigenvalue weighted by molar-refractivity contribution is -0.124. The summed E-state index contributed by atoms with van der Waals surface area (Å²) in [4.78, 5) is 18.6. The second-order valence-corrected chi connectivity index (χ2v) is 7.95. The molecule has 6 heteroatoms. The van der Waals surface area contributed by atoms with Gasteiger partial charge in [-0.2, -0.15) is 0 Å². The van der Waals surface area contributed by atoms with Gasteiger partial charge in [-0.05, 0) is 37.2 Å². The summed E-state index contributed by atoms with van der Waals surface area (Å²) < 4.78 is 2.12. The molecule has 0 aliphatic heterocycles. The van der Waals surface area contributed by atoms with Crippen LogP contribution in [0.2, 0.25) is 0 Å². The normalized spacial score (nSPS) is 12.8. The van der Waals surface area contributed by atoms with Crippen molar-refractivity contribution in [1.29, 1.82) is 0 Å². The first-order valence-corrected chi connectivity index (χ1v) is 9.92. The fourth-order valence-electron chi connectivity index (χ4n) is 2.94. The first-order chi connectivity index (χ1) is 13.2. The van der Waals surface area contributed by atoms with E-state index in [0.717, 1.165) is 36.7 Å². The predicted octanol–water partition coefficient (Wildman–Crippen LogP) is 3.97. The summed E-state index contributed by atoms with van der Waals surface area (Å²) in [7, 11) is 2.03. The standard InChI is InChI=1S/C22H36N4O2/c1-8-11-14-26(10-3)16-18-21(22(4,5)6)23-19(25(18)7)15-17(9-2)12-13-20(27)24-28/h9,12-13,15,28H,2,8,10-11,14,16H2,1,3-7H3,(H,24,27)/b13-12+,17-15+. The molecular formula is C22H36N4O2. The van der Waals surface area contributed by atoms with Crippen molar-refractivity contribution in [3.8, 4) is 0 Å². The highest BCUT2D eigenvalue weighted by molar-refractivity contribution is 5.87. The zero-order valence-corrected chi connectivity index (χ0v) is 18.2. The minimum absolute atomic E-state index is 0.0791. The molecule has 0 saturated heterocycles. The van der Waals surface area contributed by atoms with Gasteiger partial charge >= 0.3 is 0 Å². The smallest absolute Gasteiger partial charge is 0.267 e. The number of rotatable bonds is 10. The van der Waals surface area contributed by atoms with E-state index in [9.17, 15) is 4.79 Å². The number of hydroxylamine groups is 1. The summed E-state index contributed by atoms with van der Waals surface area (Å²) in [5, 5.41) is 8.64. The molecule has 0 radical (unpaired) electrons. The molecule has 0 aromatic carbocycles. The molecule has 1 aromatic rings. The molecule has 0 atom stereocenters. The lowest BCUT2D eigenvalue weighted by Crippen LogP contribution is -2.27. The zero-order chi connectivity index (χ0) is 21.3. The molecule has 1 heterocycles. The number of carbonyl (C=O) groups excluding carboxylic acids is 1. The molecule has 0 saturated carbocycles. The molecule has 1 aromatic heterocycles. The summed E-state index contributed by atoms with van der Waals surface area (Å²) in [6, 6.07) is 0. The third-order valence-corrected chi connectivity index (χ3v) is 4.68. The van der Waals surface area contributed by atoms with Crippen molar-refractivity contribution in [2.45, 2.75) is 59.4 Å². The number of nitrogens with zero attached hydrogens (tertiary/aromatic N) is 3. The van der Waals surface area contributed by atoms with Gasteiger partial charge in [0.15, 0.2) is 0 Å². The highest BCUT2D eigenvalue weighted by Crippen LogP contribution is 2.27. The zero-order valence-electron chi connectivity index (χ0n) is 18.2. The minimum Gasteiger partial charge on any atom is -0.330 e. The van der Waals surface area contributed by atoms with Gasteiger partial charge in [-0.1, -0.05) is 53.7 Å². The van der Waals surface area contributed by atoms with Gasteiger partial charge in [0.1, 0.15) is 5.82 Å². The van der Waals surface area contributed by atoms with E-state index < -0.39 is 5.91 Å². The molecular weight excluding hydrogens is 352 g/mol. The lowest BCUT2D eigenvalue weighted by atomic mass is 9.90. The SMILES string of the molecule is C=CC(/C=C/C(=O)NO)=C\c1nc(C(C)(C)C)c(CN(CC)CCCC)n1C. The van der Waals surface area contributed by atoms with E-state index in [1.165, 1.54) is 24.6 Å².